The van der Waals surface area contributed by atoms with Crippen LogP contribution in [0.5, 0.6) is 0 Å². The number of nitrogens with zero attached hydrogens (tertiary/aromatic N) is 2. The number of fused-ring (bicyclic) bond motifs is 1. The standard InChI is InChI=1S/C10H8N4S/c11-10-12-5-7(14-10)9-13-6-3-1-2-4-8(6)15-9/h1-5H,(H3,11,12,14). The highest BCUT2D eigenvalue weighted by molar-refractivity contribution is 7.21. The van der Waals surface area contributed by atoms with Gasteiger partial charge in [0.05, 0.1) is 22.1 Å². The summed E-state index contributed by atoms with van der Waals surface area (Å²) < 4.78 is 1.17. The molecule has 1 aromatic carbocycles. The third kappa shape index (κ3) is 1.37. The number of imidazole rings is 1. The fourth-order valence-electron chi connectivity index (χ4n) is 1.43. The molecule has 15 heavy (non-hydrogen) atoms. The quantitative estimate of drug-likeness (QED) is 0.655. The Morgan fingerprint density at radius 1 is 1.27 bits per heavy atom. The number of aromatic amines is 1. The van der Waals surface area contributed by atoms with E-state index in [-0.39, 0.29) is 0 Å². The van der Waals surface area contributed by atoms with Gasteiger partial charge in [-0.3, -0.25) is 0 Å². The first-order chi connectivity index (χ1) is 7.33. The molecule has 0 saturated carbocycles. The Balaban J connectivity index is 2.19. The lowest BCUT2D eigenvalue weighted by Crippen LogP contribution is -1.85. The second kappa shape index (κ2) is 3.06. The monoisotopic (exact) mass is 216 g/mol. The maximum absolute atomic E-state index is 5.52. The van der Waals surface area contributed by atoms with Crippen molar-refractivity contribution in [1.29, 1.82) is 0 Å². The zero-order chi connectivity index (χ0) is 10.3. The lowest BCUT2D eigenvalue weighted by atomic mass is 10.3. The molecule has 4 nitrogen and oxygen atoms in total. The minimum absolute atomic E-state index is 0.421. The van der Waals surface area contributed by atoms with Gasteiger partial charge in [-0.05, 0) is 12.1 Å². The Morgan fingerprint density at radius 2 is 2.13 bits per heavy atom. The number of nitrogens with two attached hydrogens (primary N) is 1. The van der Waals surface area contributed by atoms with Crippen LogP contribution in [0, 0.1) is 0 Å². The number of hydrogen-bond acceptors (Lipinski definition) is 4. The molecule has 0 atom stereocenters. The lowest BCUT2D eigenvalue weighted by molar-refractivity contribution is 1.32. The average molecular weight is 216 g/mol. The van der Waals surface area contributed by atoms with Gasteiger partial charge in [0, 0.05) is 0 Å². The number of rotatable bonds is 1. The molecule has 0 saturated heterocycles. The number of H-pyrrole nitrogens is 1. The molecule has 0 unspecified atom stereocenters. The Bertz CT molecular complexity index is 577. The minimum atomic E-state index is 0.421. The molecule has 3 N–H and O–H groups in total. The summed E-state index contributed by atoms with van der Waals surface area (Å²) >= 11 is 1.63. The number of anilines is 1. The molecule has 0 aliphatic carbocycles. The third-order valence-electron chi connectivity index (χ3n) is 2.12. The molecule has 74 valence electrons. The van der Waals surface area contributed by atoms with Crippen LogP contribution in [-0.4, -0.2) is 15.0 Å². The molecule has 0 amide bonds. The largest absolute Gasteiger partial charge is 0.369 e. The van der Waals surface area contributed by atoms with Crippen LogP contribution in [0.2, 0.25) is 0 Å². The highest BCUT2D eigenvalue weighted by Crippen LogP contribution is 2.28. The van der Waals surface area contributed by atoms with E-state index in [2.05, 4.69) is 21.0 Å². The first kappa shape index (κ1) is 8.43. The van der Waals surface area contributed by atoms with Crippen molar-refractivity contribution in [3.63, 3.8) is 0 Å². The van der Waals surface area contributed by atoms with Crippen molar-refractivity contribution >= 4 is 27.5 Å². The summed E-state index contributed by atoms with van der Waals surface area (Å²) in [6.07, 6.45) is 1.70. The van der Waals surface area contributed by atoms with Gasteiger partial charge in [-0.15, -0.1) is 11.3 Å². The highest BCUT2D eigenvalue weighted by Gasteiger charge is 2.07. The number of hydrogen-bond donors (Lipinski definition) is 2. The summed E-state index contributed by atoms with van der Waals surface area (Å²) in [6, 6.07) is 8.03. The van der Waals surface area contributed by atoms with Crippen molar-refractivity contribution < 1.29 is 0 Å². The molecule has 0 fully saturated rings. The van der Waals surface area contributed by atoms with Gasteiger partial charge in [0.15, 0.2) is 5.95 Å². The zero-order valence-corrected chi connectivity index (χ0v) is 8.58. The van der Waals surface area contributed by atoms with E-state index in [1.807, 2.05) is 18.2 Å². The summed E-state index contributed by atoms with van der Waals surface area (Å²) in [6.45, 7) is 0. The van der Waals surface area contributed by atoms with Crippen molar-refractivity contribution in [2.24, 2.45) is 0 Å². The molecule has 0 aliphatic heterocycles. The van der Waals surface area contributed by atoms with Crippen LogP contribution in [0.1, 0.15) is 0 Å². The van der Waals surface area contributed by atoms with E-state index >= 15 is 0 Å². The summed E-state index contributed by atoms with van der Waals surface area (Å²) in [4.78, 5) is 11.4. The first-order valence-corrected chi connectivity index (χ1v) is 5.31. The summed E-state index contributed by atoms with van der Waals surface area (Å²) in [5.74, 6) is 0.421. The van der Waals surface area contributed by atoms with Gasteiger partial charge < -0.3 is 10.7 Å². The molecule has 2 heterocycles. The van der Waals surface area contributed by atoms with Crippen LogP contribution in [0.15, 0.2) is 30.5 Å². The van der Waals surface area contributed by atoms with Crippen LogP contribution in [0.4, 0.5) is 5.95 Å². The molecule has 2 aromatic heterocycles. The van der Waals surface area contributed by atoms with E-state index in [4.69, 9.17) is 5.73 Å². The maximum Gasteiger partial charge on any atom is 0.197 e. The zero-order valence-electron chi connectivity index (χ0n) is 7.77. The number of aromatic nitrogens is 3. The van der Waals surface area contributed by atoms with E-state index in [0.717, 1.165) is 16.2 Å². The molecule has 5 heteroatoms. The maximum atomic E-state index is 5.52. The van der Waals surface area contributed by atoms with Crippen LogP contribution in [0.3, 0.4) is 0 Å². The fraction of sp³-hybridized carbons (Fsp3) is 0. The number of nitrogens with one attached hydrogen (secondary N) is 1. The fourth-order valence-corrected chi connectivity index (χ4v) is 2.36. The Hall–Kier alpha value is -1.88. The van der Waals surface area contributed by atoms with Gasteiger partial charge in [0.25, 0.3) is 0 Å². The molecule has 0 aliphatic rings. The predicted octanol–water partition coefficient (Wildman–Crippen LogP) is 2.27. The summed E-state index contributed by atoms with van der Waals surface area (Å²) in [5, 5.41) is 0.917. The van der Waals surface area contributed by atoms with Crippen molar-refractivity contribution in [3.05, 3.63) is 30.5 Å². The van der Waals surface area contributed by atoms with Crippen molar-refractivity contribution in [1.82, 2.24) is 15.0 Å². The second-order valence-corrected chi connectivity index (χ2v) is 4.20. The summed E-state index contributed by atoms with van der Waals surface area (Å²) in [7, 11) is 0. The van der Waals surface area contributed by atoms with Gasteiger partial charge >= 0.3 is 0 Å². The number of thiazole rings is 1. The van der Waals surface area contributed by atoms with Gasteiger partial charge in [-0.2, -0.15) is 0 Å². The molecule has 0 bridgehead atoms. The van der Waals surface area contributed by atoms with E-state index in [1.54, 1.807) is 17.5 Å². The molecular weight excluding hydrogens is 208 g/mol. The minimum Gasteiger partial charge on any atom is -0.369 e. The normalized spacial score (nSPS) is 10.9. The van der Waals surface area contributed by atoms with Crippen LogP contribution in [-0.2, 0) is 0 Å². The predicted molar refractivity (Wildman–Crippen MR) is 61.6 cm³/mol. The summed E-state index contributed by atoms with van der Waals surface area (Å²) in [5.41, 5.74) is 7.39. The smallest absolute Gasteiger partial charge is 0.197 e. The second-order valence-electron chi connectivity index (χ2n) is 3.17. The van der Waals surface area contributed by atoms with Gasteiger partial charge in [-0.25, -0.2) is 9.97 Å². The Morgan fingerprint density at radius 3 is 2.87 bits per heavy atom. The van der Waals surface area contributed by atoms with Crippen molar-refractivity contribution in [3.8, 4) is 10.7 Å². The van der Waals surface area contributed by atoms with Crippen molar-refractivity contribution in [2.75, 3.05) is 5.73 Å². The number of para-hydroxylation sites is 1. The van der Waals surface area contributed by atoms with Gasteiger partial charge in [-0.1, -0.05) is 12.1 Å². The van der Waals surface area contributed by atoms with Crippen molar-refractivity contribution in [2.45, 2.75) is 0 Å². The van der Waals surface area contributed by atoms with Crippen LogP contribution >= 0.6 is 11.3 Å². The van der Waals surface area contributed by atoms with Gasteiger partial charge in [0.1, 0.15) is 5.01 Å². The molecule has 3 rings (SSSR count). The van der Waals surface area contributed by atoms with Crippen LogP contribution in [0.25, 0.3) is 20.9 Å². The lowest BCUT2D eigenvalue weighted by Gasteiger charge is -1.85. The van der Waals surface area contributed by atoms with Gasteiger partial charge in [0.2, 0.25) is 0 Å². The molecule has 0 spiro atoms. The molecule has 3 aromatic rings. The number of benzene rings is 1. The third-order valence-corrected chi connectivity index (χ3v) is 3.19. The topological polar surface area (TPSA) is 67.6 Å². The van der Waals surface area contributed by atoms with Crippen LogP contribution < -0.4 is 5.73 Å². The van der Waals surface area contributed by atoms with E-state index in [0.29, 0.717) is 5.95 Å². The molecular formula is C10H8N4S. The van der Waals surface area contributed by atoms with E-state index < -0.39 is 0 Å². The van der Waals surface area contributed by atoms with E-state index in [9.17, 15) is 0 Å². The Kier molecular flexibility index (Phi) is 1.72. The average Bonchev–Trinajstić information content (AvgIpc) is 2.82. The first-order valence-electron chi connectivity index (χ1n) is 4.49. The SMILES string of the molecule is Nc1ncc(-c2nc3ccccc3s2)[nH]1. The Labute approximate surface area is 89.8 Å². The van der Waals surface area contributed by atoms with E-state index in [1.165, 1.54) is 4.70 Å². The highest BCUT2D eigenvalue weighted by atomic mass is 32.1. The number of nitrogen functional groups attached to an aromatic ring is 1. The molecule has 0 radical (unpaired) electrons.